The second-order valence-corrected chi connectivity index (χ2v) is 8.58. The summed E-state index contributed by atoms with van der Waals surface area (Å²) in [5.41, 5.74) is -1.30. The van der Waals surface area contributed by atoms with Gasteiger partial charge in [-0.15, -0.1) is 0 Å². The van der Waals surface area contributed by atoms with Gasteiger partial charge in [0, 0.05) is 18.8 Å². The topological polar surface area (TPSA) is 174 Å². The number of hydrogen-bond acceptors (Lipinski definition) is 9. The van der Waals surface area contributed by atoms with Gasteiger partial charge in [0.15, 0.2) is 10.8 Å². The molecule has 17 heteroatoms. The van der Waals surface area contributed by atoms with Gasteiger partial charge >= 0.3 is 18.3 Å². The van der Waals surface area contributed by atoms with Gasteiger partial charge < -0.3 is 25.6 Å². The number of benzene rings is 1. The van der Waals surface area contributed by atoms with Gasteiger partial charge in [0.25, 0.3) is 0 Å². The second kappa shape index (κ2) is 11.0. The number of carbonyl (C=O) groups excluding carboxylic acids is 2. The van der Waals surface area contributed by atoms with Crippen LogP contribution in [0.1, 0.15) is 5.56 Å². The number of fused-ring (bicyclic) bond motifs is 1. The number of pyridine rings is 1. The minimum atomic E-state index is -4.72. The van der Waals surface area contributed by atoms with Crippen molar-refractivity contribution in [3.8, 4) is 16.3 Å². The summed E-state index contributed by atoms with van der Waals surface area (Å²) >= 11 is 0.922. The molecule has 200 valence electrons. The van der Waals surface area contributed by atoms with Crippen LogP contribution < -0.4 is 20.7 Å². The molecule has 3 amide bonds. The van der Waals surface area contributed by atoms with E-state index in [0.29, 0.717) is 28.5 Å². The molecular formula is C21H17F4N7O5S. The van der Waals surface area contributed by atoms with E-state index in [0.717, 1.165) is 11.3 Å². The van der Waals surface area contributed by atoms with Crippen molar-refractivity contribution in [2.45, 2.75) is 12.3 Å². The molecule has 38 heavy (non-hydrogen) atoms. The van der Waals surface area contributed by atoms with Crippen molar-refractivity contribution in [1.29, 1.82) is 0 Å². The summed E-state index contributed by atoms with van der Waals surface area (Å²) in [5.74, 6) is -1.01. The molecule has 0 saturated carbocycles. The number of alkyl halides is 3. The van der Waals surface area contributed by atoms with E-state index in [-0.39, 0.29) is 28.8 Å². The van der Waals surface area contributed by atoms with Gasteiger partial charge in [0.05, 0.1) is 46.1 Å². The van der Waals surface area contributed by atoms with Gasteiger partial charge in [0.2, 0.25) is 0 Å². The quantitative estimate of drug-likeness (QED) is 0.188. The smallest absolute Gasteiger partial charge is 0.409 e. The maximum Gasteiger partial charge on any atom is 0.416 e. The number of aliphatic hydroxyl groups excluding tert-OH is 2. The lowest BCUT2D eigenvalue weighted by Crippen LogP contribution is -2.35. The molecule has 1 unspecified atom stereocenters. The van der Waals surface area contributed by atoms with Crippen LogP contribution in [0.25, 0.3) is 21.6 Å². The molecule has 4 aromatic rings. The van der Waals surface area contributed by atoms with Crippen LogP contribution in [0.2, 0.25) is 0 Å². The van der Waals surface area contributed by atoms with E-state index < -0.39 is 48.1 Å². The standard InChI is InChI=1S/C21H17F4N7O5S/c22-12-2-1-9(21(23,24)25)3-13(12)30-18(35)31-19-26-7-16(38-19)14-4-15(11-6-28-32-17(11)29-14)37-20(36)27-5-10(34)8-33/h1-4,6-7,10,33-34H,5,8H2,(H,27,36)(H,28,29,32)(H2,26,30,31,35). The monoisotopic (exact) mass is 555 g/mol. The van der Waals surface area contributed by atoms with E-state index in [1.165, 1.54) is 18.5 Å². The van der Waals surface area contributed by atoms with Crippen molar-refractivity contribution in [3.05, 3.63) is 48.0 Å². The fourth-order valence-electron chi connectivity index (χ4n) is 3.01. The third kappa shape index (κ3) is 6.31. The SMILES string of the molecule is O=C(Nc1ncc(-c2cc(OC(=O)NCC(O)CO)c3cn[nH]c3n2)s1)Nc1cc(C(F)(F)F)ccc1F. The van der Waals surface area contributed by atoms with Crippen LogP contribution in [0, 0.1) is 5.82 Å². The Bertz CT molecular complexity index is 1480. The fraction of sp³-hybridized carbons (Fsp3) is 0.190. The molecule has 12 nitrogen and oxygen atoms in total. The number of nitrogens with one attached hydrogen (secondary N) is 4. The summed E-state index contributed by atoms with van der Waals surface area (Å²) in [5, 5.41) is 31.6. The highest BCUT2D eigenvalue weighted by Gasteiger charge is 2.31. The van der Waals surface area contributed by atoms with E-state index >= 15 is 0 Å². The first-order chi connectivity index (χ1) is 18.0. The largest absolute Gasteiger partial charge is 0.416 e. The van der Waals surface area contributed by atoms with Crippen LogP contribution in [0.15, 0.2) is 36.7 Å². The predicted octanol–water partition coefficient (Wildman–Crippen LogP) is 3.32. The van der Waals surface area contributed by atoms with E-state index in [1.807, 2.05) is 5.32 Å². The minimum absolute atomic E-state index is 0.00888. The molecule has 0 spiro atoms. The lowest BCUT2D eigenvalue weighted by Gasteiger charge is -2.11. The molecule has 0 radical (unpaired) electrons. The Labute approximate surface area is 213 Å². The van der Waals surface area contributed by atoms with Crippen LogP contribution in [-0.4, -0.2) is 61.8 Å². The highest BCUT2D eigenvalue weighted by molar-refractivity contribution is 7.19. The number of thiazole rings is 1. The molecule has 3 aromatic heterocycles. The molecule has 0 bridgehead atoms. The van der Waals surface area contributed by atoms with Crippen LogP contribution in [0.4, 0.5) is 38.0 Å². The van der Waals surface area contributed by atoms with Crippen molar-refractivity contribution < 1.29 is 42.1 Å². The van der Waals surface area contributed by atoms with Gasteiger partial charge in [-0.3, -0.25) is 10.4 Å². The van der Waals surface area contributed by atoms with Gasteiger partial charge in [0.1, 0.15) is 11.6 Å². The number of amides is 3. The summed E-state index contributed by atoms with van der Waals surface area (Å²) in [6.45, 7) is -0.807. The number of ether oxygens (including phenoxy) is 1. The van der Waals surface area contributed by atoms with Crippen LogP contribution in [0.5, 0.6) is 5.75 Å². The number of rotatable bonds is 7. The number of nitrogens with zero attached hydrogens (tertiary/aromatic N) is 3. The van der Waals surface area contributed by atoms with Crippen LogP contribution >= 0.6 is 11.3 Å². The molecular weight excluding hydrogens is 538 g/mol. The number of urea groups is 1. The molecule has 3 heterocycles. The summed E-state index contributed by atoms with van der Waals surface area (Å²) in [7, 11) is 0. The minimum Gasteiger partial charge on any atom is -0.409 e. The highest BCUT2D eigenvalue weighted by Crippen LogP contribution is 2.34. The number of halogens is 4. The highest BCUT2D eigenvalue weighted by atomic mass is 32.1. The summed E-state index contributed by atoms with van der Waals surface area (Å²) in [4.78, 5) is 33.1. The Kier molecular flexibility index (Phi) is 7.70. The van der Waals surface area contributed by atoms with Crippen molar-refractivity contribution in [2.24, 2.45) is 0 Å². The number of aromatic nitrogens is 4. The van der Waals surface area contributed by atoms with Crippen molar-refractivity contribution in [3.63, 3.8) is 0 Å². The molecule has 0 aliphatic rings. The van der Waals surface area contributed by atoms with Crippen LogP contribution in [-0.2, 0) is 6.18 Å². The Balaban J connectivity index is 1.48. The Morgan fingerprint density at radius 2 is 1.97 bits per heavy atom. The predicted molar refractivity (Wildman–Crippen MR) is 126 cm³/mol. The molecule has 0 fully saturated rings. The number of H-pyrrole nitrogens is 1. The molecule has 0 saturated heterocycles. The van der Waals surface area contributed by atoms with Gasteiger partial charge in [-0.25, -0.2) is 23.9 Å². The second-order valence-electron chi connectivity index (χ2n) is 7.55. The molecule has 1 atom stereocenters. The Morgan fingerprint density at radius 3 is 2.71 bits per heavy atom. The zero-order valence-electron chi connectivity index (χ0n) is 18.8. The first-order valence-electron chi connectivity index (χ1n) is 10.5. The number of aromatic amines is 1. The molecule has 1 aromatic carbocycles. The van der Waals surface area contributed by atoms with E-state index in [4.69, 9.17) is 9.84 Å². The van der Waals surface area contributed by atoms with Gasteiger partial charge in [-0.05, 0) is 18.2 Å². The lowest BCUT2D eigenvalue weighted by atomic mass is 10.2. The first kappa shape index (κ1) is 26.7. The zero-order valence-corrected chi connectivity index (χ0v) is 19.7. The third-order valence-electron chi connectivity index (χ3n) is 4.80. The van der Waals surface area contributed by atoms with Crippen molar-refractivity contribution in [1.82, 2.24) is 25.5 Å². The van der Waals surface area contributed by atoms with Gasteiger partial charge in [-0.1, -0.05) is 11.3 Å². The maximum absolute atomic E-state index is 13.9. The number of anilines is 2. The molecule has 4 rings (SSSR count). The van der Waals surface area contributed by atoms with Crippen molar-refractivity contribution >= 4 is 45.3 Å². The number of aliphatic hydroxyl groups is 2. The fourth-order valence-corrected chi connectivity index (χ4v) is 3.78. The van der Waals surface area contributed by atoms with E-state index in [2.05, 4.69) is 30.8 Å². The Morgan fingerprint density at radius 1 is 1.18 bits per heavy atom. The average Bonchev–Trinajstić information content (AvgIpc) is 3.53. The summed E-state index contributed by atoms with van der Waals surface area (Å²) < 4.78 is 57.8. The summed E-state index contributed by atoms with van der Waals surface area (Å²) in [6.07, 6.45) is -4.11. The number of carbonyl (C=O) groups is 2. The first-order valence-corrected chi connectivity index (χ1v) is 11.3. The van der Waals surface area contributed by atoms with Crippen molar-refractivity contribution in [2.75, 3.05) is 23.8 Å². The van der Waals surface area contributed by atoms with Crippen LogP contribution in [0.3, 0.4) is 0 Å². The average molecular weight is 555 g/mol. The zero-order chi connectivity index (χ0) is 27.4. The Hall–Kier alpha value is -4.35. The van der Waals surface area contributed by atoms with E-state index in [1.54, 1.807) is 0 Å². The maximum atomic E-state index is 13.9. The molecule has 0 aliphatic carbocycles. The number of hydrogen-bond donors (Lipinski definition) is 6. The normalized spacial score (nSPS) is 12.3. The van der Waals surface area contributed by atoms with E-state index in [9.17, 15) is 32.3 Å². The van der Waals surface area contributed by atoms with Gasteiger partial charge in [-0.2, -0.15) is 18.3 Å². The molecule has 0 aliphatic heterocycles. The lowest BCUT2D eigenvalue weighted by molar-refractivity contribution is -0.137. The third-order valence-corrected chi connectivity index (χ3v) is 5.74. The summed E-state index contributed by atoms with van der Waals surface area (Å²) in [6, 6.07) is 1.97. The molecule has 6 N–H and O–H groups in total.